The number of hydrogen-bond donors (Lipinski definition) is 0. The third-order valence-electron chi connectivity index (χ3n) is 22.7. The fourth-order valence-electron chi connectivity index (χ4n) is 16.6. The summed E-state index contributed by atoms with van der Waals surface area (Å²) in [4.78, 5) is 30.6. The second-order valence-corrected chi connectivity index (χ2v) is 34.7. The summed E-state index contributed by atoms with van der Waals surface area (Å²) in [5.74, 6) is 1.33. The molecular formula is C106H65N10OPS3. The van der Waals surface area contributed by atoms with Crippen molar-refractivity contribution in [2.45, 2.75) is 0 Å². The van der Waals surface area contributed by atoms with Gasteiger partial charge in [-0.2, -0.15) is 17.5 Å². The van der Waals surface area contributed by atoms with Gasteiger partial charge in [0.1, 0.15) is 22.1 Å². The van der Waals surface area contributed by atoms with Crippen LogP contribution in [0.2, 0.25) is 0 Å². The summed E-state index contributed by atoms with van der Waals surface area (Å²) in [6.07, 6.45) is 0. The third-order valence-corrected chi connectivity index (χ3v) is 28.1. The van der Waals surface area contributed by atoms with Gasteiger partial charge in [-0.15, -0.1) is 11.3 Å². The average Bonchev–Trinajstić information content (AvgIpc) is 1.74. The maximum Gasteiger partial charge on any atom is 0.171 e. The maximum absolute atomic E-state index is 15.0. The van der Waals surface area contributed by atoms with Crippen LogP contribution in [-0.4, -0.2) is 47.4 Å². The summed E-state index contributed by atoms with van der Waals surface area (Å²) >= 11 is 4.34. The number of nitrogens with zero attached hydrogens (tertiary/aromatic N) is 10. The van der Waals surface area contributed by atoms with Gasteiger partial charge in [0.05, 0.1) is 68.7 Å². The molecule has 7 aromatic heterocycles. The Bertz CT molecular complexity index is 7900. The lowest BCUT2D eigenvalue weighted by atomic mass is 9.96. The minimum Gasteiger partial charge on any atom is -0.309 e. The van der Waals surface area contributed by atoms with Crippen LogP contribution in [0.15, 0.2) is 394 Å². The average molecular weight is 1620 g/mol. The van der Waals surface area contributed by atoms with E-state index >= 15 is 4.57 Å². The molecule has 0 radical (unpaired) electrons. The Morgan fingerprint density at radius 3 is 0.992 bits per heavy atom. The molecule has 7 heterocycles. The van der Waals surface area contributed by atoms with E-state index in [2.05, 4.69) is 242 Å². The maximum atomic E-state index is 15.0. The number of hydrogen-bond acceptors (Lipinski definition) is 14. The van der Waals surface area contributed by atoms with E-state index in [0.717, 1.165) is 182 Å². The SMILES string of the molecule is O=P(c1ccccc1)(c1ccccc1)c1ccc(-c2cc(-c3ccc(-c4ccc(-c5nc6ccccc6c6c5ccc5nsnc56)cc4)cc3)nc(-c3ccccc3)n2)cc1.c1ccc(-c2nc(-c3ccc(-c4ccc(-c5nc6ccccc6c6c5ccc5nsnc56)cc4)cc3)cc(-c3ccc(-c4cccc5c4sc4ccccc45)cc3)n2)cc1. The van der Waals surface area contributed by atoms with Crippen LogP contribution < -0.4 is 15.9 Å². The first-order valence-electron chi connectivity index (χ1n) is 39.8. The van der Waals surface area contributed by atoms with Gasteiger partial charge in [0, 0.05) is 113 Å². The van der Waals surface area contributed by atoms with Crippen molar-refractivity contribution < 1.29 is 4.57 Å². The molecule has 121 heavy (non-hydrogen) atoms. The summed E-state index contributed by atoms with van der Waals surface area (Å²) in [5, 5.41) is 11.5. The molecule has 0 fully saturated rings. The molecule has 0 spiro atoms. The number of para-hydroxylation sites is 2. The van der Waals surface area contributed by atoms with E-state index in [9.17, 15) is 0 Å². The van der Waals surface area contributed by atoms with E-state index in [1.807, 2.05) is 181 Å². The van der Waals surface area contributed by atoms with Crippen molar-refractivity contribution >= 4 is 143 Å². The zero-order valence-electron chi connectivity index (χ0n) is 64.6. The topological polar surface area (TPSA) is 146 Å². The van der Waals surface area contributed by atoms with Gasteiger partial charge < -0.3 is 4.57 Å². The zero-order chi connectivity index (χ0) is 80.3. The van der Waals surface area contributed by atoms with Gasteiger partial charge in [0.2, 0.25) is 0 Å². The number of benzene rings is 16. The van der Waals surface area contributed by atoms with Gasteiger partial charge in [-0.3, -0.25) is 0 Å². The highest BCUT2D eigenvalue weighted by Crippen LogP contribution is 2.46. The van der Waals surface area contributed by atoms with Crippen LogP contribution >= 0.6 is 41.9 Å². The Labute approximate surface area is 708 Å². The molecule has 0 aliphatic carbocycles. The number of thiophene rings is 1. The van der Waals surface area contributed by atoms with Crippen LogP contribution in [0.4, 0.5) is 0 Å². The van der Waals surface area contributed by atoms with Crippen molar-refractivity contribution in [2.75, 3.05) is 0 Å². The van der Waals surface area contributed by atoms with Crippen LogP contribution in [-0.2, 0) is 4.57 Å². The molecule has 15 heteroatoms. The van der Waals surface area contributed by atoms with Crippen molar-refractivity contribution in [1.82, 2.24) is 47.4 Å². The molecule has 11 nitrogen and oxygen atoms in total. The predicted molar refractivity (Wildman–Crippen MR) is 504 cm³/mol. The Kier molecular flexibility index (Phi) is 18.5. The predicted octanol–water partition coefficient (Wildman–Crippen LogP) is 26.7. The molecule has 23 aromatic rings. The van der Waals surface area contributed by atoms with Crippen LogP contribution in [0.25, 0.3) is 209 Å². The van der Waals surface area contributed by atoms with Gasteiger partial charge >= 0.3 is 0 Å². The number of aromatic nitrogens is 10. The van der Waals surface area contributed by atoms with Gasteiger partial charge in [0.15, 0.2) is 18.8 Å². The Balaban J connectivity index is 0.000000145. The summed E-state index contributed by atoms with van der Waals surface area (Å²) in [6.45, 7) is 0. The smallest absolute Gasteiger partial charge is 0.171 e. The van der Waals surface area contributed by atoms with Crippen molar-refractivity contribution in [3.05, 3.63) is 394 Å². The molecule has 0 aliphatic rings. The van der Waals surface area contributed by atoms with Crippen molar-refractivity contribution in [2.24, 2.45) is 0 Å². The second-order valence-electron chi connectivity index (χ2n) is 29.8. The zero-order valence-corrected chi connectivity index (χ0v) is 67.9. The molecule has 0 saturated heterocycles. The van der Waals surface area contributed by atoms with E-state index in [-0.39, 0.29) is 0 Å². The Morgan fingerprint density at radius 1 is 0.223 bits per heavy atom. The van der Waals surface area contributed by atoms with E-state index < -0.39 is 7.14 Å². The van der Waals surface area contributed by atoms with Crippen molar-refractivity contribution in [3.63, 3.8) is 0 Å². The molecule has 0 saturated carbocycles. The monoisotopic (exact) mass is 1620 g/mol. The molecule has 0 bridgehead atoms. The van der Waals surface area contributed by atoms with Gasteiger partial charge in [-0.1, -0.05) is 340 Å². The van der Waals surface area contributed by atoms with Gasteiger partial charge in [0.25, 0.3) is 0 Å². The largest absolute Gasteiger partial charge is 0.309 e. The molecule has 23 rings (SSSR count). The molecule has 0 amide bonds. The Morgan fingerprint density at radius 2 is 0.562 bits per heavy atom. The summed E-state index contributed by atoms with van der Waals surface area (Å²) in [7, 11) is -3.12. The summed E-state index contributed by atoms with van der Waals surface area (Å²) in [5.41, 5.74) is 25.6. The van der Waals surface area contributed by atoms with Crippen molar-refractivity contribution in [3.8, 4) is 124 Å². The standard InChI is InChI=1S/C53H34N5OPS.C53H31N5S2/c59-60(41-14-6-2-7-15-41,42-16-8-3-9-17-42)43-30-28-38(29-31-43)49-34-48(55-53(56-49)40-12-4-1-5-13-40)37-24-20-35(21-25-37)36-22-26-39(27-23-36)51-45-32-33-47-52(58-61-57-47)50(45)44-18-10-11-19-46(44)54-51;1-2-9-38(10-3-1)53-55-46(31-47(56-53)36-25-21-34(22-26-36)39-13-8-14-41-40-11-5-7-16-48(40)59-52(39)41)35-23-17-32(18-24-35)33-19-27-37(28-20-33)50-43-29-30-45-51(58-60-57-45)49(43)42-12-4-6-15-44(42)54-50/h1-34H;1-31H. The van der Waals surface area contributed by atoms with Gasteiger partial charge in [-0.05, 0) is 88.0 Å². The molecular weight excluding hydrogens is 1560 g/mol. The molecule has 0 atom stereocenters. The third kappa shape index (κ3) is 13.5. The molecule has 0 unspecified atom stereocenters. The first-order chi connectivity index (χ1) is 59.8. The summed E-state index contributed by atoms with van der Waals surface area (Å²) in [6, 6.07) is 135. The quantitative estimate of drug-likeness (QED) is 0.0757. The lowest BCUT2D eigenvalue weighted by molar-refractivity contribution is 0.592. The highest BCUT2D eigenvalue weighted by Gasteiger charge is 2.30. The lowest BCUT2D eigenvalue weighted by Crippen LogP contribution is -2.24. The fourth-order valence-corrected chi connectivity index (χ4v) is 21.6. The lowest BCUT2D eigenvalue weighted by Gasteiger charge is -2.20. The highest BCUT2D eigenvalue weighted by atomic mass is 32.1. The van der Waals surface area contributed by atoms with Crippen LogP contribution in [0.1, 0.15) is 0 Å². The summed E-state index contributed by atoms with van der Waals surface area (Å²) < 4.78 is 36.0. The number of fused-ring (bicyclic) bond motifs is 13. The van der Waals surface area contributed by atoms with E-state index in [0.29, 0.717) is 11.6 Å². The number of rotatable bonds is 14. The van der Waals surface area contributed by atoms with Crippen molar-refractivity contribution in [1.29, 1.82) is 0 Å². The molecule has 0 N–H and O–H groups in total. The van der Waals surface area contributed by atoms with Crippen LogP contribution in [0.3, 0.4) is 0 Å². The highest BCUT2D eigenvalue weighted by molar-refractivity contribution is 7.85. The van der Waals surface area contributed by atoms with E-state index in [1.54, 1.807) is 0 Å². The van der Waals surface area contributed by atoms with Gasteiger partial charge in [-0.25, -0.2) is 29.9 Å². The second kappa shape index (κ2) is 30.9. The van der Waals surface area contributed by atoms with E-state index in [4.69, 9.17) is 29.9 Å². The van der Waals surface area contributed by atoms with Crippen LogP contribution in [0, 0.1) is 0 Å². The first-order valence-corrected chi connectivity index (χ1v) is 43.8. The number of pyridine rings is 2. The minimum absolute atomic E-state index is 0.637. The van der Waals surface area contributed by atoms with E-state index in [1.165, 1.54) is 54.8 Å². The fraction of sp³-hybridized carbons (Fsp3) is 0. The first kappa shape index (κ1) is 72.6. The Hall–Kier alpha value is -14.9. The normalized spacial score (nSPS) is 11.7. The van der Waals surface area contributed by atoms with Crippen LogP contribution in [0.5, 0.6) is 0 Å². The molecule has 0 aliphatic heterocycles. The molecule has 568 valence electrons. The molecule has 16 aromatic carbocycles. The minimum atomic E-state index is -3.12.